The average molecular weight is 273 g/mol. The predicted molar refractivity (Wildman–Crippen MR) is 61.6 cm³/mol. The van der Waals surface area contributed by atoms with Gasteiger partial charge in [0.1, 0.15) is 5.69 Å². The summed E-state index contributed by atoms with van der Waals surface area (Å²) in [6.45, 7) is 0. The number of carboxylic acids is 1. The van der Waals surface area contributed by atoms with Gasteiger partial charge in [0.15, 0.2) is 0 Å². The minimum absolute atomic E-state index is 0.199. The van der Waals surface area contributed by atoms with Gasteiger partial charge < -0.3 is 5.11 Å². The number of halogens is 3. The Hall–Kier alpha value is -1.59. The number of carbonyl (C=O) groups is 1. The van der Waals surface area contributed by atoms with Gasteiger partial charge in [-0.3, -0.25) is 9.78 Å². The molecule has 0 bridgehead atoms. The van der Waals surface area contributed by atoms with Crippen molar-refractivity contribution in [3.8, 4) is 0 Å². The zero-order valence-electron chi connectivity index (χ0n) is 10.2. The third-order valence-electron chi connectivity index (χ3n) is 3.71. The summed E-state index contributed by atoms with van der Waals surface area (Å²) >= 11 is 0. The molecule has 0 radical (unpaired) electrons. The highest BCUT2D eigenvalue weighted by molar-refractivity contribution is 5.82. The van der Waals surface area contributed by atoms with Crippen molar-refractivity contribution in [2.75, 3.05) is 0 Å². The lowest BCUT2D eigenvalue weighted by molar-refractivity contribution is -0.148. The quantitative estimate of drug-likeness (QED) is 0.898. The van der Waals surface area contributed by atoms with Gasteiger partial charge in [0.25, 0.3) is 0 Å². The maximum atomic E-state index is 13.0. The minimum atomic E-state index is -4.63. The molecule has 2 rings (SSSR count). The second kappa shape index (κ2) is 4.83. The third kappa shape index (κ3) is 2.43. The number of hydrogen-bond acceptors (Lipinski definition) is 2. The van der Waals surface area contributed by atoms with E-state index < -0.39 is 23.3 Å². The molecule has 1 N–H and O–H groups in total. The Morgan fingerprint density at radius 1 is 1.26 bits per heavy atom. The van der Waals surface area contributed by atoms with E-state index in [2.05, 4.69) is 4.98 Å². The van der Waals surface area contributed by atoms with Crippen LogP contribution in [0.25, 0.3) is 0 Å². The van der Waals surface area contributed by atoms with Crippen molar-refractivity contribution >= 4 is 5.97 Å². The molecule has 1 aromatic rings. The first-order valence-corrected chi connectivity index (χ1v) is 6.14. The van der Waals surface area contributed by atoms with Crippen molar-refractivity contribution in [3.63, 3.8) is 0 Å². The maximum absolute atomic E-state index is 13.0. The van der Waals surface area contributed by atoms with Crippen LogP contribution in [0.2, 0.25) is 0 Å². The molecule has 0 aliphatic heterocycles. The summed E-state index contributed by atoms with van der Waals surface area (Å²) < 4.78 is 38.9. The molecule has 0 atom stereocenters. The first-order valence-electron chi connectivity index (χ1n) is 6.14. The molecule has 0 spiro atoms. The van der Waals surface area contributed by atoms with Gasteiger partial charge in [0.2, 0.25) is 0 Å². The van der Waals surface area contributed by atoms with E-state index in [1.807, 2.05) is 0 Å². The summed E-state index contributed by atoms with van der Waals surface area (Å²) in [5, 5.41) is 9.44. The minimum Gasteiger partial charge on any atom is -0.481 e. The molecule has 0 unspecified atom stereocenters. The Morgan fingerprint density at radius 2 is 1.89 bits per heavy atom. The summed E-state index contributed by atoms with van der Waals surface area (Å²) in [5.74, 6) is -1.19. The van der Waals surface area contributed by atoms with E-state index >= 15 is 0 Å². The van der Waals surface area contributed by atoms with Crippen LogP contribution in [0.1, 0.15) is 43.4 Å². The molecule has 3 nitrogen and oxygen atoms in total. The van der Waals surface area contributed by atoms with Crippen LogP contribution >= 0.6 is 0 Å². The fraction of sp³-hybridized carbons (Fsp3) is 0.538. The molecular weight excluding hydrogens is 259 g/mol. The first-order chi connectivity index (χ1) is 8.88. The third-order valence-corrected chi connectivity index (χ3v) is 3.71. The number of aliphatic carboxylic acids is 1. The Labute approximate surface area is 108 Å². The van der Waals surface area contributed by atoms with E-state index in [0.717, 1.165) is 12.6 Å². The molecule has 1 heterocycles. The molecule has 0 aromatic carbocycles. The molecule has 1 aliphatic carbocycles. The van der Waals surface area contributed by atoms with Gasteiger partial charge in [-0.05, 0) is 18.9 Å². The fourth-order valence-electron chi connectivity index (χ4n) is 2.77. The lowest BCUT2D eigenvalue weighted by Crippen LogP contribution is -2.39. The van der Waals surface area contributed by atoms with Crippen LogP contribution in [0.5, 0.6) is 0 Å². The van der Waals surface area contributed by atoms with Crippen molar-refractivity contribution < 1.29 is 23.1 Å². The van der Waals surface area contributed by atoms with Crippen molar-refractivity contribution in [1.29, 1.82) is 0 Å². The monoisotopic (exact) mass is 273 g/mol. The number of aromatic nitrogens is 1. The summed E-state index contributed by atoms with van der Waals surface area (Å²) in [5.41, 5.74) is -2.72. The molecule has 1 fully saturated rings. The SMILES string of the molecule is O=C(O)C1(c2cccnc2C(F)(F)F)CCCCC1. The second-order valence-corrected chi connectivity index (χ2v) is 4.85. The number of carboxylic acid groups (broad SMARTS) is 1. The zero-order valence-corrected chi connectivity index (χ0v) is 10.2. The smallest absolute Gasteiger partial charge is 0.433 e. The molecule has 0 amide bonds. The topological polar surface area (TPSA) is 50.2 Å². The van der Waals surface area contributed by atoms with Gasteiger partial charge >= 0.3 is 12.1 Å². The molecule has 1 aromatic heterocycles. The molecule has 104 valence electrons. The molecule has 1 aliphatic rings. The second-order valence-electron chi connectivity index (χ2n) is 4.85. The summed E-state index contributed by atoms with van der Waals surface area (Å²) in [7, 11) is 0. The number of hydrogen-bond donors (Lipinski definition) is 1. The zero-order chi connectivity index (χ0) is 14.1. The van der Waals surface area contributed by atoms with Gasteiger partial charge in [0, 0.05) is 11.8 Å². The summed E-state index contributed by atoms with van der Waals surface area (Å²) in [6, 6.07) is 2.61. The Balaban J connectivity index is 2.58. The van der Waals surface area contributed by atoms with Crippen molar-refractivity contribution in [3.05, 3.63) is 29.6 Å². The van der Waals surface area contributed by atoms with Crippen LogP contribution in [-0.4, -0.2) is 16.1 Å². The fourth-order valence-corrected chi connectivity index (χ4v) is 2.77. The summed E-state index contributed by atoms with van der Waals surface area (Å²) in [4.78, 5) is 14.9. The highest BCUT2D eigenvalue weighted by Gasteiger charge is 2.47. The van der Waals surface area contributed by atoms with E-state index in [1.54, 1.807) is 0 Å². The summed E-state index contributed by atoms with van der Waals surface area (Å²) in [6.07, 6.45) is -1.01. The lowest BCUT2D eigenvalue weighted by Gasteiger charge is -2.34. The van der Waals surface area contributed by atoms with Crippen molar-refractivity contribution in [1.82, 2.24) is 4.98 Å². The van der Waals surface area contributed by atoms with Crippen LogP contribution in [0.3, 0.4) is 0 Å². The number of alkyl halides is 3. The standard InChI is InChI=1S/C13H14F3NO2/c14-13(15,16)10-9(5-4-8-17-10)12(11(18)19)6-2-1-3-7-12/h4-5,8H,1-3,6-7H2,(H,18,19). The Kier molecular flexibility index (Phi) is 3.52. The van der Waals surface area contributed by atoms with Gasteiger partial charge in [-0.2, -0.15) is 13.2 Å². The maximum Gasteiger partial charge on any atom is 0.433 e. The van der Waals surface area contributed by atoms with Crippen LogP contribution in [0.15, 0.2) is 18.3 Å². The van der Waals surface area contributed by atoms with E-state index in [1.165, 1.54) is 12.1 Å². The van der Waals surface area contributed by atoms with Crippen LogP contribution < -0.4 is 0 Å². The van der Waals surface area contributed by atoms with Crippen molar-refractivity contribution in [2.45, 2.75) is 43.7 Å². The van der Waals surface area contributed by atoms with Crippen molar-refractivity contribution in [2.24, 2.45) is 0 Å². The highest BCUT2D eigenvalue weighted by atomic mass is 19.4. The normalized spacial score (nSPS) is 19.1. The molecule has 1 saturated carbocycles. The number of nitrogens with zero attached hydrogens (tertiary/aromatic N) is 1. The molecule has 0 saturated heterocycles. The van der Waals surface area contributed by atoms with Gasteiger partial charge in [0.05, 0.1) is 5.41 Å². The average Bonchev–Trinajstić information content (AvgIpc) is 2.38. The lowest BCUT2D eigenvalue weighted by atomic mass is 9.69. The molecular formula is C13H14F3NO2. The van der Waals surface area contributed by atoms with Gasteiger partial charge in [-0.15, -0.1) is 0 Å². The van der Waals surface area contributed by atoms with E-state index in [9.17, 15) is 23.1 Å². The van der Waals surface area contributed by atoms with E-state index in [-0.39, 0.29) is 18.4 Å². The largest absolute Gasteiger partial charge is 0.481 e. The van der Waals surface area contributed by atoms with Crippen LogP contribution in [0, 0.1) is 0 Å². The van der Waals surface area contributed by atoms with E-state index in [4.69, 9.17) is 0 Å². The van der Waals surface area contributed by atoms with Crippen LogP contribution in [-0.2, 0) is 16.4 Å². The van der Waals surface area contributed by atoms with E-state index in [0.29, 0.717) is 12.8 Å². The molecule has 19 heavy (non-hydrogen) atoms. The number of pyridine rings is 1. The Bertz CT molecular complexity index is 479. The van der Waals surface area contributed by atoms with Gasteiger partial charge in [-0.25, -0.2) is 0 Å². The number of rotatable bonds is 2. The molecule has 6 heteroatoms. The highest BCUT2D eigenvalue weighted by Crippen LogP contribution is 2.44. The van der Waals surface area contributed by atoms with Gasteiger partial charge in [-0.1, -0.05) is 25.3 Å². The van der Waals surface area contributed by atoms with Crippen LogP contribution in [0.4, 0.5) is 13.2 Å². The predicted octanol–water partition coefficient (Wildman–Crippen LogP) is 3.39. The first kappa shape index (κ1) is 13.8. The Morgan fingerprint density at radius 3 is 2.42 bits per heavy atom.